The summed E-state index contributed by atoms with van der Waals surface area (Å²) in [5, 5.41) is 9.39. The number of aliphatic hydroxyl groups excluding tert-OH is 1. The van der Waals surface area contributed by atoms with E-state index in [1.54, 1.807) is 18.6 Å². The highest BCUT2D eigenvalue weighted by Gasteiger charge is 2.20. The van der Waals surface area contributed by atoms with Crippen LogP contribution < -0.4 is 0 Å². The Morgan fingerprint density at radius 1 is 1.31 bits per heavy atom. The lowest BCUT2D eigenvalue weighted by Crippen LogP contribution is -2.37. The molecule has 0 aliphatic carbocycles. The van der Waals surface area contributed by atoms with Gasteiger partial charge in [0.05, 0.1) is 12.3 Å². The van der Waals surface area contributed by atoms with Gasteiger partial charge in [0.2, 0.25) is 0 Å². The normalized spacial score (nSPS) is 22.9. The van der Waals surface area contributed by atoms with Crippen molar-refractivity contribution in [3.8, 4) is 0 Å². The third kappa shape index (κ3) is 3.00. The van der Waals surface area contributed by atoms with Crippen LogP contribution in [0.5, 0.6) is 0 Å². The smallest absolute Gasteiger partial charge is 0.0726 e. The minimum absolute atomic E-state index is 0.250. The van der Waals surface area contributed by atoms with Crippen LogP contribution in [0.4, 0.5) is 0 Å². The maximum Gasteiger partial charge on any atom is 0.0726 e. The fourth-order valence-corrected chi connectivity index (χ4v) is 2.27. The largest absolute Gasteiger partial charge is 0.395 e. The van der Waals surface area contributed by atoms with Gasteiger partial charge >= 0.3 is 0 Å². The summed E-state index contributed by atoms with van der Waals surface area (Å²) in [6, 6.07) is 0.296. The van der Waals surface area contributed by atoms with Crippen molar-refractivity contribution >= 4 is 0 Å². The van der Waals surface area contributed by atoms with Gasteiger partial charge in [0.15, 0.2) is 0 Å². The second-order valence-corrected chi connectivity index (χ2v) is 4.35. The number of likely N-dealkylation sites (tertiary alicyclic amines) is 1. The fraction of sp³-hybridized carbons (Fsp3) is 0.667. The SMILES string of the molecule is OCC1CCCCCN1Cc1cnccn1. The Morgan fingerprint density at radius 3 is 3.00 bits per heavy atom. The van der Waals surface area contributed by atoms with Crippen molar-refractivity contribution in [3.05, 3.63) is 24.3 Å². The van der Waals surface area contributed by atoms with Crippen molar-refractivity contribution in [2.45, 2.75) is 38.3 Å². The van der Waals surface area contributed by atoms with E-state index in [9.17, 15) is 5.11 Å². The topological polar surface area (TPSA) is 49.2 Å². The van der Waals surface area contributed by atoms with Crippen LogP contribution in [-0.2, 0) is 6.54 Å². The molecule has 16 heavy (non-hydrogen) atoms. The second kappa shape index (κ2) is 5.92. The van der Waals surface area contributed by atoms with Gasteiger partial charge in [-0.05, 0) is 19.4 Å². The molecule has 1 saturated heterocycles. The summed E-state index contributed by atoms with van der Waals surface area (Å²) in [5.74, 6) is 0. The molecule has 1 aliphatic rings. The zero-order valence-electron chi connectivity index (χ0n) is 9.55. The van der Waals surface area contributed by atoms with Gasteiger partial charge in [0, 0.05) is 31.2 Å². The summed E-state index contributed by atoms with van der Waals surface area (Å²) in [6.45, 7) is 2.11. The molecule has 1 aromatic rings. The Kier molecular flexibility index (Phi) is 4.25. The molecule has 1 aliphatic heterocycles. The quantitative estimate of drug-likeness (QED) is 0.833. The minimum atomic E-state index is 0.250. The molecule has 1 aromatic heterocycles. The molecule has 1 unspecified atom stereocenters. The van der Waals surface area contributed by atoms with Gasteiger partial charge in [0.25, 0.3) is 0 Å². The Balaban J connectivity index is 2.00. The van der Waals surface area contributed by atoms with E-state index >= 15 is 0 Å². The van der Waals surface area contributed by atoms with Gasteiger partial charge in [0.1, 0.15) is 0 Å². The zero-order chi connectivity index (χ0) is 11.2. The average Bonchev–Trinajstić information content (AvgIpc) is 2.55. The van der Waals surface area contributed by atoms with Crippen LogP contribution >= 0.6 is 0 Å². The van der Waals surface area contributed by atoms with Gasteiger partial charge in [-0.25, -0.2) is 0 Å². The van der Waals surface area contributed by atoms with Crippen LogP contribution in [0.25, 0.3) is 0 Å². The monoisotopic (exact) mass is 221 g/mol. The average molecular weight is 221 g/mol. The van der Waals surface area contributed by atoms with E-state index in [0.29, 0.717) is 6.04 Å². The molecule has 2 rings (SSSR count). The van der Waals surface area contributed by atoms with Crippen molar-refractivity contribution in [2.24, 2.45) is 0 Å². The summed E-state index contributed by atoms with van der Waals surface area (Å²) >= 11 is 0. The van der Waals surface area contributed by atoms with E-state index in [1.165, 1.54) is 19.3 Å². The van der Waals surface area contributed by atoms with Crippen molar-refractivity contribution in [3.63, 3.8) is 0 Å². The van der Waals surface area contributed by atoms with E-state index in [2.05, 4.69) is 14.9 Å². The molecule has 0 radical (unpaired) electrons. The molecule has 2 heterocycles. The molecule has 1 N–H and O–H groups in total. The molecular weight excluding hydrogens is 202 g/mol. The molecule has 0 saturated carbocycles. The molecule has 0 amide bonds. The van der Waals surface area contributed by atoms with Gasteiger partial charge < -0.3 is 5.11 Å². The number of hydrogen-bond acceptors (Lipinski definition) is 4. The van der Waals surface area contributed by atoms with Gasteiger partial charge in [-0.3, -0.25) is 14.9 Å². The molecule has 0 spiro atoms. The molecule has 0 aromatic carbocycles. The molecule has 1 fully saturated rings. The second-order valence-electron chi connectivity index (χ2n) is 4.35. The summed E-state index contributed by atoms with van der Waals surface area (Å²) in [5.41, 5.74) is 0.989. The zero-order valence-corrected chi connectivity index (χ0v) is 9.55. The maximum atomic E-state index is 9.39. The van der Waals surface area contributed by atoms with Crippen LogP contribution in [-0.4, -0.2) is 39.2 Å². The van der Waals surface area contributed by atoms with Crippen LogP contribution in [0.2, 0.25) is 0 Å². The number of aliphatic hydroxyl groups is 1. The summed E-state index contributed by atoms with van der Waals surface area (Å²) in [4.78, 5) is 10.7. The van der Waals surface area contributed by atoms with E-state index in [4.69, 9.17) is 0 Å². The van der Waals surface area contributed by atoms with Crippen molar-refractivity contribution in [2.75, 3.05) is 13.2 Å². The predicted molar refractivity (Wildman–Crippen MR) is 61.8 cm³/mol. The first kappa shape index (κ1) is 11.5. The van der Waals surface area contributed by atoms with Crippen molar-refractivity contribution < 1.29 is 5.11 Å². The van der Waals surface area contributed by atoms with Gasteiger partial charge in [-0.1, -0.05) is 12.8 Å². The third-order valence-electron chi connectivity index (χ3n) is 3.19. The number of nitrogens with zero attached hydrogens (tertiary/aromatic N) is 3. The minimum Gasteiger partial charge on any atom is -0.395 e. The lowest BCUT2D eigenvalue weighted by molar-refractivity contribution is 0.117. The van der Waals surface area contributed by atoms with E-state index in [1.807, 2.05) is 0 Å². The predicted octanol–water partition coefficient (Wildman–Crippen LogP) is 1.21. The first-order valence-corrected chi connectivity index (χ1v) is 6.00. The Bertz CT molecular complexity index is 304. The molecule has 0 bridgehead atoms. The molecule has 1 atom stereocenters. The van der Waals surface area contributed by atoms with Crippen LogP contribution in [0.1, 0.15) is 31.4 Å². The lowest BCUT2D eigenvalue weighted by atomic mass is 10.1. The lowest BCUT2D eigenvalue weighted by Gasteiger charge is -2.27. The molecule has 88 valence electrons. The number of rotatable bonds is 3. The first-order valence-electron chi connectivity index (χ1n) is 6.00. The summed E-state index contributed by atoms with van der Waals surface area (Å²) in [7, 11) is 0. The van der Waals surface area contributed by atoms with Crippen LogP contribution in [0.15, 0.2) is 18.6 Å². The van der Waals surface area contributed by atoms with E-state index in [0.717, 1.165) is 25.2 Å². The molecular formula is C12H19N3O. The highest BCUT2D eigenvalue weighted by atomic mass is 16.3. The summed E-state index contributed by atoms with van der Waals surface area (Å²) < 4.78 is 0. The van der Waals surface area contributed by atoms with Gasteiger partial charge in [-0.2, -0.15) is 0 Å². The van der Waals surface area contributed by atoms with Crippen LogP contribution in [0, 0.1) is 0 Å². The fourth-order valence-electron chi connectivity index (χ4n) is 2.27. The first-order chi connectivity index (χ1) is 7.90. The van der Waals surface area contributed by atoms with Gasteiger partial charge in [-0.15, -0.1) is 0 Å². The maximum absolute atomic E-state index is 9.39. The Labute approximate surface area is 96.3 Å². The Hall–Kier alpha value is -1.00. The van der Waals surface area contributed by atoms with Crippen LogP contribution in [0.3, 0.4) is 0 Å². The van der Waals surface area contributed by atoms with E-state index < -0.39 is 0 Å². The van der Waals surface area contributed by atoms with E-state index in [-0.39, 0.29) is 6.61 Å². The molecule has 4 heteroatoms. The molecule has 4 nitrogen and oxygen atoms in total. The van der Waals surface area contributed by atoms with Crippen molar-refractivity contribution in [1.29, 1.82) is 0 Å². The standard InChI is InChI=1S/C12H19N3O/c16-10-12-4-2-1-3-7-15(12)9-11-8-13-5-6-14-11/h5-6,8,12,16H,1-4,7,9-10H2. The highest BCUT2D eigenvalue weighted by molar-refractivity contribution is 4.95. The number of hydrogen-bond donors (Lipinski definition) is 1. The third-order valence-corrected chi connectivity index (χ3v) is 3.19. The summed E-state index contributed by atoms with van der Waals surface area (Å²) in [6.07, 6.45) is 10.0. The number of aromatic nitrogens is 2. The Morgan fingerprint density at radius 2 is 2.25 bits per heavy atom. The van der Waals surface area contributed by atoms with Crippen molar-refractivity contribution in [1.82, 2.24) is 14.9 Å². The highest BCUT2D eigenvalue weighted by Crippen LogP contribution is 2.18.